The number of halogens is 2. The van der Waals surface area contributed by atoms with Gasteiger partial charge in [0, 0.05) is 5.02 Å². The molecule has 0 amide bonds. The van der Waals surface area contributed by atoms with E-state index in [9.17, 15) is 9.90 Å². The van der Waals surface area contributed by atoms with Crippen LogP contribution in [0.2, 0.25) is 9.36 Å². The highest BCUT2D eigenvalue weighted by atomic mass is 35.5. The summed E-state index contributed by atoms with van der Waals surface area (Å²) in [6, 6.07) is 7.87. The molecule has 3 rings (SSSR count). The lowest BCUT2D eigenvalue weighted by Crippen LogP contribution is -2.16. The Bertz CT molecular complexity index is 837. The number of aromatic nitrogens is 3. The van der Waals surface area contributed by atoms with Crippen molar-refractivity contribution in [1.82, 2.24) is 14.8 Å². The summed E-state index contributed by atoms with van der Waals surface area (Å²) in [6.07, 6.45) is 0. The summed E-state index contributed by atoms with van der Waals surface area (Å²) in [4.78, 5) is 15.3. The summed E-state index contributed by atoms with van der Waals surface area (Å²) in [5.41, 5.74) is -0.255. The zero-order chi connectivity index (χ0) is 14.3. The number of aromatic hydroxyl groups is 1. The highest BCUT2D eigenvalue weighted by Crippen LogP contribution is 2.29. The van der Waals surface area contributed by atoms with E-state index in [1.54, 1.807) is 12.1 Å². The topological polar surface area (TPSA) is 70.9 Å². The molecular weight excluding hydrogens is 321 g/mol. The van der Waals surface area contributed by atoms with E-state index in [4.69, 9.17) is 23.2 Å². The third-order valence-electron chi connectivity index (χ3n) is 2.59. The molecule has 0 aliphatic carbocycles. The zero-order valence-electron chi connectivity index (χ0n) is 9.80. The van der Waals surface area contributed by atoms with Gasteiger partial charge in [0.05, 0.1) is 9.21 Å². The van der Waals surface area contributed by atoms with Gasteiger partial charge in [0.15, 0.2) is 5.82 Å². The number of phenols is 1. The maximum Gasteiger partial charge on any atom is 0.348 e. The minimum absolute atomic E-state index is 0.0845. The van der Waals surface area contributed by atoms with E-state index >= 15 is 0 Å². The van der Waals surface area contributed by atoms with E-state index in [0.717, 1.165) is 9.56 Å². The molecule has 0 bridgehead atoms. The molecule has 0 saturated carbocycles. The van der Waals surface area contributed by atoms with Gasteiger partial charge in [0.1, 0.15) is 11.4 Å². The highest BCUT2D eigenvalue weighted by Gasteiger charge is 2.13. The van der Waals surface area contributed by atoms with E-state index in [0.29, 0.717) is 15.2 Å². The fraction of sp³-hybridized carbons (Fsp3) is 0. The van der Waals surface area contributed by atoms with Crippen LogP contribution in [0.15, 0.2) is 35.1 Å². The molecule has 0 unspecified atom stereocenters. The Balaban J connectivity index is 2.14. The first-order valence-electron chi connectivity index (χ1n) is 5.48. The van der Waals surface area contributed by atoms with Crippen molar-refractivity contribution in [2.45, 2.75) is 0 Å². The summed E-state index contributed by atoms with van der Waals surface area (Å²) in [5, 5.41) is 14.4. The average Bonchev–Trinajstić information content (AvgIpc) is 2.99. The normalized spacial score (nSPS) is 10.9. The Morgan fingerprint density at radius 3 is 2.75 bits per heavy atom. The van der Waals surface area contributed by atoms with Crippen LogP contribution >= 0.6 is 34.5 Å². The first-order chi connectivity index (χ1) is 9.54. The summed E-state index contributed by atoms with van der Waals surface area (Å²) in [6.45, 7) is 0. The van der Waals surface area contributed by atoms with E-state index in [-0.39, 0.29) is 11.4 Å². The van der Waals surface area contributed by atoms with Crippen molar-refractivity contribution >= 4 is 34.5 Å². The second-order valence-electron chi connectivity index (χ2n) is 3.93. The average molecular weight is 328 g/mol. The van der Waals surface area contributed by atoms with Gasteiger partial charge in [0.25, 0.3) is 0 Å². The molecule has 8 heteroatoms. The molecule has 0 spiro atoms. The van der Waals surface area contributed by atoms with Crippen LogP contribution in [0.3, 0.4) is 0 Å². The van der Waals surface area contributed by atoms with Crippen molar-refractivity contribution in [2.75, 3.05) is 0 Å². The SMILES string of the molecule is O=c1[nH]c(-c2ccc(Cl)s2)nn1-c1cc(Cl)ccc1O. The van der Waals surface area contributed by atoms with E-state index in [2.05, 4.69) is 10.1 Å². The maximum absolute atomic E-state index is 11.9. The van der Waals surface area contributed by atoms with Crippen LogP contribution in [0.5, 0.6) is 5.75 Å². The fourth-order valence-electron chi connectivity index (χ4n) is 1.71. The Kier molecular flexibility index (Phi) is 3.29. The smallest absolute Gasteiger partial charge is 0.348 e. The largest absolute Gasteiger partial charge is 0.506 e. The molecule has 0 aliphatic rings. The molecule has 2 heterocycles. The lowest BCUT2D eigenvalue weighted by molar-refractivity contribution is 0.470. The zero-order valence-corrected chi connectivity index (χ0v) is 12.1. The van der Waals surface area contributed by atoms with Crippen LogP contribution in [0.25, 0.3) is 16.4 Å². The molecule has 2 aromatic heterocycles. The standard InChI is InChI=1S/C12H7Cl2N3O2S/c13-6-1-2-8(18)7(5-6)17-12(19)15-11(16-17)9-3-4-10(14)20-9/h1-5,18H,(H,15,16,19). The number of aromatic amines is 1. The molecule has 5 nitrogen and oxygen atoms in total. The number of nitrogens with one attached hydrogen (secondary N) is 1. The summed E-state index contributed by atoms with van der Waals surface area (Å²) in [7, 11) is 0. The summed E-state index contributed by atoms with van der Waals surface area (Å²) >= 11 is 13.0. The minimum atomic E-state index is -0.470. The van der Waals surface area contributed by atoms with Crippen molar-refractivity contribution in [3.8, 4) is 22.1 Å². The number of rotatable bonds is 2. The predicted octanol–water partition coefficient (Wildman–Crippen LogP) is 3.30. The number of thiophene rings is 1. The van der Waals surface area contributed by atoms with Gasteiger partial charge in [-0.2, -0.15) is 4.68 Å². The van der Waals surface area contributed by atoms with Crippen LogP contribution in [-0.2, 0) is 0 Å². The molecule has 0 atom stereocenters. The van der Waals surface area contributed by atoms with Crippen molar-refractivity contribution in [3.63, 3.8) is 0 Å². The third kappa shape index (κ3) is 2.33. The van der Waals surface area contributed by atoms with Gasteiger partial charge in [0.2, 0.25) is 0 Å². The molecule has 0 fully saturated rings. The van der Waals surface area contributed by atoms with Crippen LogP contribution in [0.1, 0.15) is 0 Å². The number of phenolic OH excluding ortho intramolecular Hbond substituents is 1. The molecule has 1 aromatic carbocycles. The van der Waals surface area contributed by atoms with Crippen LogP contribution in [0.4, 0.5) is 0 Å². The Morgan fingerprint density at radius 1 is 1.25 bits per heavy atom. The van der Waals surface area contributed by atoms with E-state index < -0.39 is 5.69 Å². The second-order valence-corrected chi connectivity index (χ2v) is 6.08. The highest BCUT2D eigenvalue weighted by molar-refractivity contribution is 7.19. The molecule has 0 saturated heterocycles. The van der Waals surface area contributed by atoms with Gasteiger partial charge in [-0.05, 0) is 30.3 Å². The molecular formula is C12H7Cl2N3O2S. The number of H-pyrrole nitrogens is 1. The summed E-state index contributed by atoms with van der Waals surface area (Å²) < 4.78 is 1.66. The van der Waals surface area contributed by atoms with Gasteiger partial charge in [-0.1, -0.05) is 23.2 Å². The molecule has 102 valence electrons. The van der Waals surface area contributed by atoms with Crippen molar-refractivity contribution < 1.29 is 5.11 Å². The minimum Gasteiger partial charge on any atom is -0.506 e. The first-order valence-corrected chi connectivity index (χ1v) is 7.06. The first kappa shape index (κ1) is 13.2. The van der Waals surface area contributed by atoms with Crippen LogP contribution < -0.4 is 5.69 Å². The lowest BCUT2D eigenvalue weighted by Gasteiger charge is -2.02. The van der Waals surface area contributed by atoms with Gasteiger partial charge < -0.3 is 5.11 Å². The second kappa shape index (κ2) is 4.97. The summed E-state index contributed by atoms with van der Waals surface area (Å²) in [5.74, 6) is 0.296. The number of hydrogen-bond acceptors (Lipinski definition) is 4. The lowest BCUT2D eigenvalue weighted by atomic mass is 10.3. The predicted molar refractivity (Wildman–Crippen MR) is 79.2 cm³/mol. The molecule has 0 aliphatic heterocycles. The van der Waals surface area contributed by atoms with E-state index in [1.165, 1.54) is 29.5 Å². The van der Waals surface area contributed by atoms with Crippen LogP contribution in [-0.4, -0.2) is 19.9 Å². The van der Waals surface area contributed by atoms with Crippen molar-refractivity contribution in [2.24, 2.45) is 0 Å². The molecule has 0 radical (unpaired) electrons. The molecule has 2 N–H and O–H groups in total. The van der Waals surface area contributed by atoms with Gasteiger partial charge in [-0.3, -0.25) is 4.98 Å². The van der Waals surface area contributed by atoms with Gasteiger partial charge in [-0.25, -0.2) is 4.79 Å². The van der Waals surface area contributed by atoms with Gasteiger partial charge in [-0.15, -0.1) is 16.4 Å². The van der Waals surface area contributed by atoms with Crippen molar-refractivity contribution in [3.05, 3.63) is 50.2 Å². The Hall–Kier alpha value is -1.76. The van der Waals surface area contributed by atoms with E-state index in [1.807, 2.05) is 0 Å². The van der Waals surface area contributed by atoms with Gasteiger partial charge >= 0.3 is 5.69 Å². The monoisotopic (exact) mass is 327 g/mol. The maximum atomic E-state index is 11.9. The Morgan fingerprint density at radius 2 is 2.05 bits per heavy atom. The Labute approximate surface area is 127 Å². The fourth-order valence-corrected chi connectivity index (χ4v) is 2.86. The number of nitrogens with zero attached hydrogens (tertiary/aromatic N) is 2. The van der Waals surface area contributed by atoms with Crippen LogP contribution in [0, 0.1) is 0 Å². The number of hydrogen-bond donors (Lipinski definition) is 2. The van der Waals surface area contributed by atoms with Crippen molar-refractivity contribution in [1.29, 1.82) is 0 Å². The quantitative estimate of drug-likeness (QED) is 0.758. The molecule has 20 heavy (non-hydrogen) atoms. The molecule has 3 aromatic rings. The number of benzene rings is 1. The third-order valence-corrected chi connectivity index (χ3v) is 4.06.